The van der Waals surface area contributed by atoms with E-state index in [0.29, 0.717) is 25.3 Å². The van der Waals surface area contributed by atoms with E-state index in [4.69, 9.17) is 10.5 Å². The van der Waals surface area contributed by atoms with Gasteiger partial charge < -0.3 is 20.5 Å². The Labute approximate surface area is 125 Å². The molecule has 1 aliphatic heterocycles. The van der Waals surface area contributed by atoms with Crippen molar-refractivity contribution in [1.29, 1.82) is 0 Å². The smallest absolute Gasteiger partial charge is 0.227 e. The Bertz CT molecular complexity index is 484. The fraction of sp³-hybridized carbons (Fsp3) is 0.562. The van der Waals surface area contributed by atoms with E-state index < -0.39 is 0 Å². The number of phenols is 1. The van der Waals surface area contributed by atoms with E-state index in [0.717, 1.165) is 31.5 Å². The first-order chi connectivity index (χ1) is 10.2. The van der Waals surface area contributed by atoms with Gasteiger partial charge in [0.2, 0.25) is 5.91 Å². The number of hydrogen-bond acceptors (Lipinski definition) is 4. The molecular formula is C16H24N2O3. The fourth-order valence-electron chi connectivity index (χ4n) is 2.71. The molecule has 1 amide bonds. The molecule has 2 rings (SSSR count). The highest BCUT2D eigenvalue weighted by molar-refractivity contribution is 5.79. The topological polar surface area (TPSA) is 75.8 Å². The number of carbonyl (C=O) groups excluding carboxylic acids is 1. The van der Waals surface area contributed by atoms with Crippen molar-refractivity contribution in [3.05, 3.63) is 23.8 Å². The minimum absolute atomic E-state index is 0.121. The first kappa shape index (κ1) is 15.6. The number of rotatable bonds is 6. The summed E-state index contributed by atoms with van der Waals surface area (Å²) >= 11 is 0. The predicted molar refractivity (Wildman–Crippen MR) is 81.3 cm³/mol. The van der Waals surface area contributed by atoms with Crippen LogP contribution < -0.4 is 10.5 Å². The summed E-state index contributed by atoms with van der Waals surface area (Å²) in [4.78, 5) is 14.3. The lowest BCUT2D eigenvalue weighted by Gasteiger charge is -2.22. The van der Waals surface area contributed by atoms with Crippen molar-refractivity contribution in [3.8, 4) is 11.5 Å². The zero-order chi connectivity index (χ0) is 15.2. The van der Waals surface area contributed by atoms with Crippen molar-refractivity contribution in [1.82, 2.24) is 4.90 Å². The van der Waals surface area contributed by atoms with Crippen molar-refractivity contribution in [2.75, 3.05) is 26.2 Å². The summed E-state index contributed by atoms with van der Waals surface area (Å²) in [7, 11) is 0. The minimum Gasteiger partial charge on any atom is -0.504 e. The molecule has 5 heteroatoms. The SMILES string of the molecule is CCOc1cc(CC(CN)C(=O)N2CCCC2)ccc1O. The number of likely N-dealkylation sites (tertiary alicyclic amines) is 1. The third-order valence-corrected chi connectivity index (χ3v) is 3.86. The molecule has 1 saturated heterocycles. The highest BCUT2D eigenvalue weighted by Gasteiger charge is 2.25. The lowest BCUT2D eigenvalue weighted by molar-refractivity contribution is -0.134. The molecule has 21 heavy (non-hydrogen) atoms. The minimum atomic E-state index is -0.206. The number of phenolic OH excluding ortho intramolecular Hbond substituents is 1. The monoisotopic (exact) mass is 292 g/mol. The van der Waals surface area contributed by atoms with Gasteiger partial charge in [0.1, 0.15) is 0 Å². The van der Waals surface area contributed by atoms with Crippen LogP contribution in [0.25, 0.3) is 0 Å². The molecule has 1 aromatic carbocycles. The van der Waals surface area contributed by atoms with Crippen LogP contribution in [0.5, 0.6) is 11.5 Å². The molecule has 5 nitrogen and oxygen atoms in total. The summed E-state index contributed by atoms with van der Waals surface area (Å²) in [6.45, 7) is 4.38. The van der Waals surface area contributed by atoms with Gasteiger partial charge in [0.25, 0.3) is 0 Å². The van der Waals surface area contributed by atoms with Gasteiger partial charge >= 0.3 is 0 Å². The second-order valence-electron chi connectivity index (χ2n) is 5.40. The number of nitrogens with two attached hydrogens (primary N) is 1. The maximum Gasteiger partial charge on any atom is 0.227 e. The Morgan fingerprint density at radius 2 is 2.14 bits per heavy atom. The molecular weight excluding hydrogens is 268 g/mol. The van der Waals surface area contributed by atoms with Gasteiger partial charge in [-0.15, -0.1) is 0 Å². The Hall–Kier alpha value is -1.75. The van der Waals surface area contributed by atoms with Gasteiger partial charge in [-0.3, -0.25) is 4.79 Å². The summed E-state index contributed by atoms with van der Waals surface area (Å²) in [6.07, 6.45) is 2.74. The lowest BCUT2D eigenvalue weighted by atomic mass is 9.97. The van der Waals surface area contributed by atoms with Gasteiger partial charge in [-0.2, -0.15) is 0 Å². The molecule has 0 saturated carbocycles. The lowest BCUT2D eigenvalue weighted by Crippen LogP contribution is -2.38. The molecule has 3 N–H and O–H groups in total. The molecule has 1 fully saturated rings. The molecule has 0 radical (unpaired) electrons. The standard InChI is InChI=1S/C16H24N2O3/c1-2-21-15-10-12(5-6-14(15)19)9-13(11-17)16(20)18-7-3-4-8-18/h5-6,10,13,19H,2-4,7-9,11,17H2,1H3. The molecule has 1 unspecified atom stereocenters. The quantitative estimate of drug-likeness (QED) is 0.833. The van der Waals surface area contributed by atoms with E-state index >= 15 is 0 Å². The van der Waals surface area contributed by atoms with Gasteiger partial charge in [-0.1, -0.05) is 6.07 Å². The molecule has 0 bridgehead atoms. The average Bonchev–Trinajstić information content (AvgIpc) is 3.01. The Kier molecular flexibility index (Phi) is 5.44. The summed E-state index contributed by atoms with van der Waals surface area (Å²) in [5.41, 5.74) is 6.75. The van der Waals surface area contributed by atoms with E-state index in [1.165, 1.54) is 0 Å². The van der Waals surface area contributed by atoms with Gasteiger partial charge in [-0.05, 0) is 43.9 Å². The molecule has 1 aliphatic rings. The molecule has 0 aromatic heterocycles. The zero-order valence-corrected chi connectivity index (χ0v) is 12.5. The maximum absolute atomic E-state index is 12.4. The largest absolute Gasteiger partial charge is 0.504 e. The van der Waals surface area contributed by atoms with Crippen LogP contribution in [-0.4, -0.2) is 42.2 Å². The van der Waals surface area contributed by atoms with Gasteiger partial charge in [0, 0.05) is 19.6 Å². The normalized spacial score (nSPS) is 16.0. The van der Waals surface area contributed by atoms with Crippen LogP contribution in [0.3, 0.4) is 0 Å². The number of benzene rings is 1. The van der Waals surface area contributed by atoms with Crippen molar-refractivity contribution >= 4 is 5.91 Å². The summed E-state index contributed by atoms with van der Waals surface area (Å²) in [6, 6.07) is 5.21. The number of hydrogen-bond donors (Lipinski definition) is 2. The highest BCUT2D eigenvalue weighted by Crippen LogP contribution is 2.28. The first-order valence-electron chi connectivity index (χ1n) is 7.59. The van der Waals surface area contributed by atoms with E-state index in [1.807, 2.05) is 17.9 Å². The molecule has 1 atom stereocenters. The van der Waals surface area contributed by atoms with Crippen LogP contribution in [0.4, 0.5) is 0 Å². The van der Waals surface area contributed by atoms with Gasteiger partial charge in [0.05, 0.1) is 12.5 Å². The number of amides is 1. The Morgan fingerprint density at radius 3 is 2.76 bits per heavy atom. The van der Waals surface area contributed by atoms with Gasteiger partial charge in [-0.25, -0.2) is 0 Å². The molecule has 1 heterocycles. The third kappa shape index (κ3) is 3.88. The summed E-state index contributed by atoms with van der Waals surface area (Å²) in [5.74, 6) is 0.512. The van der Waals surface area contributed by atoms with Crippen LogP contribution in [0, 0.1) is 5.92 Å². The number of carbonyl (C=O) groups is 1. The van der Waals surface area contributed by atoms with Crippen LogP contribution in [0.15, 0.2) is 18.2 Å². The zero-order valence-electron chi connectivity index (χ0n) is 12.5. The van der Waals surface area contributed by atoms with Crippen molar-refractivity contribution < 1.29 is 14.6 Å². The van der Waals surface area contributed by atoms with Crippen molar-refractivity contribution in [2.24, 2.45) is 11.7 Å². The van der Waals surface area contributed by atoms with Gasteiger partial charge in [0.15, 0.2) is 11.5 Å². The van der Waals surface area contributed by atoms with E-state index in [2.05, 4.69) is 0 Å². The van der Waals surface area contributed by atoms with E-state index in [1.54, 1.807) is 12.1 Å². The Morgan fingerprint density at radius 1 is 1.43 bits per heavy atom. The van der Waals surface area contributed by atoms with Crippen molar-refractivity contribution in [3.63, 3.8) is 0 Å². The molecule has 0 aliphatic carbocycles. The maximum atomic E-state index is 12.4. The second kappa shape index (κ2) is 7.31. The predicted octanol–water partition coefficient (Wildman–Crippen LogP) is 1.53. The summed E-state index contributed by atoms with van der Waals surface area (Å²) < 4.78 is 5.38. The van der Waals surface area contributed by atoms with Crippen LogP contribution >= 0.6 is 0 Å². The van der Waals surface area contributed by atoms with Crippen LogP contribution in [0.2, 0.25) is 0 Å². The Balaban J connectivity index is 2.07. The van der Waals surface area contributed by atoms with E-state index in [-0.39, 0.29) is 17.6 Å². The second-order valence-corrected chi connectivity index (χ2v) is 5.40. The molecule has 1 aromatic rings. The number of nitrogens with zero attached hydrogens (tertiary/aromatic N) is 1. The molecule has 0 spiro atoms. The first-order valence-corrected chi connectivity index (χ1v) is 7.59. The average molecular weight is 292 g/mol. The fourth-order valence-corrected chi connectivity index (χ4v) is 2.71. The van der Waals surface area contributed by atoms with Crippen LogP contribution in [0.1, 0.15) is 25.3 Å². The number of aromatic hydroxyl groups is 1. The highest BCUT2D eigenvalue weighted by atomic mass is 16.5. The van der Waals surface area contributed by atoms with E-state index in [9.17, 15) is 9.90 Å². The van der Waals surface area contributed by atoms with Crippen LogP contribution in [-0.2, 0) is 11.2 Å². The van der Waals surface area contributed by atoms with Crippen molar-refractivity contribution in [2.45, 2.75) is 26.2 Å². The third-order valence-electron chi connectivity index (χ3n) is 3.86. The number of ether oxygens (including phenoxy) is 1. The molecule has 116 valence electrons. The summed E-state index contributed by atoms with van der Waals surface area (Å²) in [5, 5.41) is 9.71.